The Kier molecular flexibility index (Phi) is 13.6. The molecule has 31 atom stereocenters. The number of fused-ring (bicyclic) bond motifs is 10. The van der Waals surface area contributed by atoms with Crippen LogP contribution in [0.4, 0.5) is 0 Å². The zero-order valence-corrected chi connectivity index (χ0v) is 46.6. The van der Waals surface area contributed by atoms with Gasteiger partial charge in [-0.15, -0.1) is 0 Å². The summed E-state index contributed by atoms with van der Waals surface area (Å²) in [6.07, 6.45) is 4.82. The van der Waals surface area contributed by atoms with Crippen molar-refractivity contribution in [1.82, 2.24) is 0 Å². The first-order valence-corrected chi connectivity index (χ1v) is 31.0. The smallest absolute Gasteiger partial charge is 0.308 e. The van der Waals surface area contributed by atoms with E-state index in [9.17, 15) is 19.8 Å². The van der Waals surface area contributed by atoms with Gasteiger partial charge in [-0.1, -0.05) is 40.9 Å². The van der Waals surface area contributed by atoms with E-state index in [1.807, 2.05) is 0 Å². The van der Waals surface area contributed by atoms with Crippen molar-refractivity contribution in [2.24, 2.45) is 35.5 Å². The summed E-state index contributed by atoms with van der Waals surface area (Å²) in [5.41, 5.74) is 2.17. The molecule has 2 N–H and O–H groups in total. The summed E-state index contributed by atoms with van der Waals surface area (Å²) < 4.78 is 97.0. The first-order valence-electron chi connectivity index (χ1n) is 31.0. The summed E-state index contributed by atoms with van der Waals surface area (Å²) in [6, 6.07) is 0. The third kappa shape index (κ3) is 9.27. The number of Topliss-reactive ketones (excluding diaryl/α,β-unsaturated/α-hetero) is 1. The molecule has 0 amide bonds. The van der Waals surface area contributed by atoms with Crippen molar-refractivity contribution in [2.75, 3.05) is 6.61 Å². The normalized spacial score (nSPS) is 57.4. The largest absolute Gasteiger partial charge is 0.459 e. The van der Waals surface area contributed by atoms with Gasteiger partial charge in [0.1, 0.15) is 18.3 Å². The van der Waals surface area contributed by atoms with Crippen molar-refractivity contribution in [2.45, 2.75) is 301 Å². The molecule has 15 aliphatic heterocycles. The predicted octanol–water partition coefficient (Wildman–Crippen LogP) is 6.00. The molecule has 0 aromatic carbocycles. The molecule has 18 nitrogen and oxygen atoms in total. The zero-order valence-electron chi connectivity index (χ0n) is 46.6. The fourth-order valence-electron chi connectivity index (χ4n) is 18.8. The van der Waals surface area contributed by atoms with E-state index in [2.05, 4.69) is 40.9 Å². The minimum Gasteiger partial charge on any atom is -0.459 e. The molecule has 0 aromatic heterocycles. The van der Waals surface area contributed by atoms with E-state index in [0.29, 0.717) is 50.9 Å². The van der Waals surface area contributed by atoms with Crippen LogP contribution in [0.25, 0.3) is 0 Å². The fraction of sp³-hybridized carbons (Fsp3) is 0.902. The average molecular weight is 1110 g/mol. The van der Waals surface area contributed by atoms with Crippen LogP contribution in [0.2, 0.25) is 0 Å². The minimum atomic E-state index is -1.04. The van der Waals surface area contributed by atoms with Crippen molar-refractivity contribution in [1.29, 1.82) is 0 Å². The maximum atomic E-state index is 14.6. The molecule has 16 fully saturated rings. The predicted molar refractivity (Wildman–Crippen MR) is 276 cm³/mol. The van der Waals surface area contributed by atoms with E-state index in [-0.39, 0.29) is 171 Å². The molecule has 16 rings (SSSR count). The van der Waals surface area contributed by atoms with E-state index in [0.717, 1.165) is 68.9 Å². The van der Waals surface area contributed by atoms with Crippen LogP contribution in [0, 0.1) is 35.5 Å². The molecule has 79 heavy (non-hydrogen) atoms. The van der Waals surface area contributed by atoms with Gasteiger partial charge in [0.05, 0.1) is 129 Å². The number of carbonyl (C=O) groups excluding carboxylic acids is 2. The first-order chi connectivity index (χ1) is 38.0. The van der Waals surface area contributed by atoms with Gasteiger partial charge in [-0.25, -0.2) is 0 Å². The zero-order chi connectivity index (χ0) is 54.0. The molecule has 1 saturated carbocycles. The summed E-state index contributed by atoms with van der Waals surface area (Å²) in [6.45, 7) is 17.5. The standard InChI is InChI=1S/C61H86O18/c1-27-15-34-9-10-40-28(2)16-36(66-40)11-13-59-25-47-55(78-59)37-17-33-7-8-35(68-54(33)58(79-59)56(37)71-47)18-49(65)72-53-32(6)52-44(69-43(53)20-41(67-34)31(27)5)21-42-46(70-52)24-61(74-42)26-48-51(77-61)30(4)23-60(76-48)22-29(3)50-45(75-60)19-39(64)57(73-50)38(63)12-14-62/h27,29-30,32-37,39-48,50-58,62,64H,2,5,7-26H2,1,3-4,6H3/t27-,29+,30+,32+,33-,34+,35-,36+,37+,39-,40+,41-,42-,43+,44+,45+,46-,47-,48+,50+,51+,52+,53-,54+,55-,56+,57-,58+,59+,60-,61+/m1/s1. The van der Waals surface area contributed by atoms with E-state index < -0.39 is 47.9 Å². The number of ketones is 1. The van der Waals surface area contributed by atoms with Crippen LogP contribution in [0.3, 0.4) is 0 Å². The number of esters is 1. The van der Waals surface area contributed by atoms with Crippen LogP contribution in [0.5, 0.6) is 0 Å². The van der Waals surface area contributed by atoms with Gasteiger partial charge >= 0.3 is 5.97 Å². The quantitative estimate of drug-likeness (QED) is 0.246. The van der Waals surface area contributed by atoms with Gasteiger partial charge in [-0.3, -0.25) is 9.59 Å². The summed E-state index contributed by atoms with van der Waals surface area (Å²) in [5, 5.41) is 20.4. The summed E-state index contributed by atoms with van der Waals surface area (Å²) >= 11 is 0. The van der Waals surface area contributed by atoms with Crippen LogP contribution in [-0.4, -0.2) is 180 Å². The summed E-state index contributed by atoms with van der Waals surface area (Å²) in [5.74, 6) is -2.59. The van der Waals surface area contributed by atoms with Crippen molar-refractivity contribution in [3.63, 3.8) is 0 Å². The number of aliphatic hydroxyl groups is 2. The molecular weight excluding hydrogens is 1020 g/mol. The van der Waals surface area contributed by atoms with Gasteiger partial charge in [0.15, 0.2) is 23.1 Å². The molecule has 0 aromatic rings. The third-order valence-corrected chi connectivity index (χ3v) is 22.4. The highest BCUT2D eigenvalue weighted by molar-refractivity contribution is 5.84. The van der Waals surface area contributed by atoms with Gasteiger partial charge in [0, 0.05) is 76.0 Å². The molecule has 16 aliphatic rings. The number of aliphatic hydroxyl groups excluding tert-OH is 2. The van der Waals surface area contributed by atoms with Gasteiger partial charge in [0.2, 0.25) is 0 Å². The maximum absolute atomic E-state index is 14.6. The number of hydrogen-bond donors (Lipinski definition) is 2. The van der Waals surface area contributed by atoms with Gasteiger partial charge in [-0.05, 0) is 86.2 Å². The van der Waals surface area contributed by atoms with Gasteiger partial charge < -0.3 is 76.5 Å². The Bertz CT molecular complexity index is 2390. The van der Waals surface area contributed by atoms with Crippen LogP contribution < -0.4 is 0 Å². The summed E-state index contributed by atoms with van der Waals surface area (Å²) in [7, 11) is 0. The third-order valence-electron chi connectivity index (χ3n) is 22.4. The number of ether oxygens (including phenoxy) is 14. The Balaban J connectivity index is 0.658. The molecule has 12 bridgehead atoms. The Morgan fingerprint density at radius 2 is 1.24 bits per heavy atom. The average Bonchev–Trinajstić information content (AvgIpc) is 4.23. The molecule has 0 radical (unpaired) electrons. The van der Waals surface area contributed by atoms with Crippen molar-refractivity contribution < 1.29 is 86.1 Å². The number of hydrogen-bond acceptors (Lipinski definition) is 18. The van der Waals surface area contributed by atoms with E-state index in [4.69, 9.17) is 66.3 Å². The second kappa shape index (κ2) is 20.1. The Morgan fingerprint density at radius 3 is 2.09 bits per heavy atom. The molecule has 1 aliphatic carbocycles. The SMILES string of the molecule is C=C1C[C@@H]2CC[C@@]34C[C@H]5O[C@H]6[C@@H](C[C@H]7CC[C@H](CC(=O)O[C@@H]8[C@@H](C)[C@@H]9O[C@@H]%10C[C@]%11(C[C@@H]%12O[C@]%13(C[C@H](C)[C@@H]%14O[C@H](C(=O)CCO)[C@H](O)C[C@@H]%14O%13)C[C@H](C)[C@@H]%12O%11)O[C@@H]%10C[C@@H]9O[C@H]8C[C@H]8O[C@@H](CC[C@@H]1O2)C[C@@H](C)C8=C)O[C@@H]7[C@@H]6O3)[C@H]5O4. The first kappa shape index (κ1) is 53.7. The molecule has 0 unspecified atom stereocenters. The lowest BCUT2D eigenvalue weighted by Gasteiger charge is -2.54. The van der Waals surface area contributed by atoms with Crippen LogP contribution >= 0.6 is 0 Å². The highest BCUT2D eigenvalue weighted by atomic mass is 16.8. The lowest BCUT2D eigenvalue weighted by Crippen LogP contribution is -2.63. The molecule has 15 saturated heterocycles. The van der Waals surface area contributed by atoms with Crippen LogP contribution in [0.15, 0.2) is 24.3 Å². The van der Waals surface area contributed by atoms with Crippen LogP contribution in [0.1, 0.15) is 150 Å². The van der Waals surface area contributed by atoms with Crippen molar-refractivity contribution >= 4 is 11.8 Å². The molecule has 438 valence electrons. The Morgan fingerprint density at radius 1 is 0.544 bits per heavy atom. The molecule has 18 heteroatoms. The molecule has 3 spiro atoms. The van der Waals surface area contributed by atoms with Crippen LogP contribution in [-0.2, 0) is 75.9 Å². The second-order valence-electron chi connectivity index (χ2n) is 27.8. The highest BCUT2D eigenvalue weighted by Crippen LogP contribution is 2.59. The Hall–Kier alpha value is -1.98. The lowest BCUT2D eigenvalue weighted by molar-refractivity contribution is -0.369. The molecular formula is C61H86O18. The van der Waals surface area contributed by atoms with Gasteiger partial charge in [-0.2, -0.15) is 0 Å². The minimum absolute atomic E-state index is 0.0109. The summed E-state index contributed by atoms with van der Waals surface area (Å²) in [4.78, 5) is 27.4. The number of carbonyl (C=O) groups is 2. The van der Waals surface area contributed by atoms with Crippen molar-refractivity contribution in [3.05, 3.63) is 24.3 Å². The lowest BCUT2D eigenvalue weighted by atomic mass is 9.70. The van der Waals surface area contributed by atoms with Crippen molar-refractivity contribution in [3.8, 4) is 0 Å². The van der Waals surface area contributed by atoms with E-state index in [1.54, 1.807) is 0 Å². The number of rotatable bonds is 3. The topological polar surface area (TPSA) is 204 Å². The highest BCUT2D eigenvalue weighted by Gasteiger charge is 2.69. The van der Waals surface area contributed by atoms with E-state index >= 15 is 0 Å². The maximum Gasteiger partial charge on any atom is 0.308 e. The molecule has 15 heterocycles. The van der Waals surface area contributed by atoms with Gasteiger partial charge in [0.25, 0.3) is 0 Å². The Labute approximate surface area is 464 Å². The fourth-order valence-corrected chi connectivity index (χ4v) is 18.8. The second-order valence-corrected chi connectivity index (χ2v) is 27.8. The van der Waals surface area contributed by atoms with E-state index in [1.165, 1.54) is 0 Å². The monoisotopic (exact) mass is 1110 g/mol.